The van der Waals surface area contributed by atoms with E-state index in [-0.39, 0.29) is 24.0 Å². The number of carbonyl (C=O) groups is 1. The van der Waals surface area contributed by atoms with Crippen molar-refractivity contribution in [3.05, 3.63) is 66.8 Å². The molecule has 0 atom stereocenters. The third-order valence-electron chi connectivity index (χ3n) is 3.38. The molecule has 0 bridgehead atoms. The number of amides is 1. The number of hydrogen-bond donors (Lipinski definition) is 1. The van der Waals surface area contributed by atoms with Gasteiger partial charge in [-0.2, -0.15) is 0 Å². The molecule has 0 unspecified atom stereocenters. The summed E-state index contributed by atoms with van der Waals surface area (Å²) in [5.41, 5.74) is 1.43. The Morgan fingerprint density at radius 2 is 2.13 bits per heavy atom. The van der Waals surface area contributed by atoms with Crippen molar-refractivity contribution >= 4 is 11.7 Å². The average molecular weight is 309 g/mol. The first kappa shape index (κ1) is 14.7. The molecule has 0 aliphatic carbocycles. The second kappa shape index (κ2) is 6.27. The Hall–Kier alpha value is -3.22. The van der Waals surface area contributed by atoms with Crippen molar-refractivity contribution in [2.75, 3.05) is 0 Å². The lowest BCUT2D eigenvalue weighted by Crippen LogP contribution is -2.27. The van der Waals surface area contributed by atoms with E-state index in [1.165, 1.54) is 27.9 Å². The van der Waals surface area contributed by atoms with Crippen LogP contribution >= 0.6 is 0 Å². The highest BCUT2D eigenvalue weighted by atomic mass is 16.3. The fourth-order valence-corrected chi connectivity index (χ4v) is 2.23. The lowest BCUT2D eigenvalue weighted by Gasteiger charge is -2.18. The van der Waals surface area contributed by atoms with Gasteiger partial charge in [-0.05, 0) is 11.8 Å². The van der Waals surface area contributed by atoms with Crippen molar-refractivity contribution in [1.82, 2.24) is 24.5 Å². The maximum absolute atomic E-state index is 12.4. The second-order valence-electron chi connectivity index (χ2n) is 4.97. The number of aromatic nitrogens is 4. The number of rotatable bonds is 5. The lowest BCUT2D eigenvalue weighted by molar-refractivity contribution is -0.128. The minimum absolute atomic E-state index is 0.0375. The van der Waals surface area contributed by atoms with E-state index in [1.807, 2.05) is 30.3 Å². The van der Waals surface area contributed by atoms with E-state index >= 15 is 0 Å². The van der Waals surface area contributed by atoms with Gasteiger partial charge < -0.3 is 10.0 Å². The molecule has 0 spiro atoms. The summed E-state index contributed by atoms with van der Waals surface area (Å²) in [4.78, 5) is 18.1. The van der Waals surface area contributed by atoms with Crippen LogP contribution < -0.4 is 0 Å². The van der Waals surface area contributed by atoms with Crippen molar-refractivity contribution < 1.29 is 9.90 Å². The van der Waals surface area contributed by atoms with Crippen molar-refractivity contribution in [2.24, 2.45) is 0 Å². The van der Waals surface area contributed by atoms with Crippen LogP contribution in [0.4, 0.5) is 0 Å². The Morgan fingerprint density at radius 1 is 1.35 bits per heavy atom. The van der Waals surface area contributed by atoms with Crippen LogP contribution in [-0.4, -0.2) is 35.5 Å². The van der Waals surface area contributed by atoms with Gasteiger partial charge in [-0.15, -0.1) is 10.2 Å². The summed E-state index contributed by atoms with van der Waals surface area (Å²) in [7, 11) is 0. The Kier molecular flexibility index (Phi) is 4.01. The van der Waals surface area contributed by atoms with E-state index in [4.69, 9.17) is 0 Å². The predicted molar refractivity (Wildman–Crippen MR) is 83.3 cm³/mol. The number of fused-ring (bicyclic) bond motifs is 1. The molecular formula is C16H15N5O2. The molecule has 0 saturated heterocycles. The summed E-state index contributed by atoms with van der Waals surface area (Å²) in [6.07, 6.45) is 2.88. The topological polar surface area (TPSA) is 83.6 Å². The standard InChI is InChI=1S/C16H15N5O2/c1-2-20(10-12-6-4-3-5-7-12)14(22)8-13-9-15(23)21-11-17-19-16(21)18-13/h2-7,9,11,23H,1,8,10H2. The molecule has 3 aromatic rings. The maximum Gasteiger partial charge on any atom is 0.257 e. The van der Waals surface area contributed by atoms with Gasteiger partial charge in [-0.3, -0.25) is 4.79 Å². The summed E-state index contributed by atoms with van der Waals surface area (Å²) in [6.45, 7) is 4.12. The third kappa shape index (κ3) is 3.18. The molecule has 2 aromatic heterocycles. The fourth-order valence-electron chi connectivity index (χ4n) is 2.23. The molecule has 0 fully saturated rings. The largest absolute Gasteiger partial charge is 0.494 e. The van der Waals surface area contributed by atoms with Gasteiger partial charge in [0.2, 0.25) is 11.8 Å². The highest BCUT2D eigenvalue weighted by Gasteiger charge is 2.15. The van der Waals surface area contributed by atoms with Crippen LogP contribution in [0.2, 0.25) is 0 Å². The van der Waals surface area contributed by atoms with Crippen LogP contribution in [0, 0.1) is 0 Å². The molecule has 116 valence electrons. The number of nitrogens with zero attached hydrogens (tertiary/aromatic N) is 5. The number of benzene rings is 1. The van der Waals surface area contributed by atoms with E-state index in [0.29, 0.717) is 12.2 Å². The molecule has 23 heavy (non-hydrogen) atoms. The first-order chi connectivity index (χ1) is 11.2. The van der Waals surface area contributed by atoms with E-state index in [9.17, 15) is 9.90 Å². The van der Waals surface area contributed by atoms with E-state index in [1.54, 1.807) is 0 Å². The molecule has 1 N–H and O–H groups in total. The Bertz CT molecular complexity index is 844. The quantitative estimate of drug-likeness (QED) is 0.773. The average Bonchev–Trinajstić information content (AvgIpc) is 3.02. The summed E-state index contributed by atoms with van der Waals surface area (Å²) in [6, 6.07) is 11.1. The Balaban J connectivity index is 1.76. The molecule has 2 heterocycles. The summed E-state index contributed by atoms with van der Waals surface area (Å²) in [5, 5.41) is 17.3. The van der Waals surface area contributed by atoms with Crippen LogP contribution in [0.15, 0.2) is 55.5 Å². The minimum Gasteiger partial charge on any atom is -0.494 e. The van der Waals surface area contributed by atoms with Crippen molar-refractivity contribution in [2.45, 2.75) is 13.0 Å². The monoisotopic (exact) mass is 309 g/mol. The molecule has 7 nitrogen and oxygen atoms in total. The van der Waals surface area contributed by atoms with Crippen LogP contribution in [0.25, 0.3) is 5.78 Å². The predicted octanol–water partition coefficient (Wildman–Crippen LogP) is 1.54. The van der Waals surface area contributed by atoms with Gasteiger partial charge in [0.05, 0.1) is 18.7 Å². The normalized spacial score (nSPS) is 10.6. The molecule has 0 aliphatic rings. The highest BCUT2D eigenvalue weighted by Crippen LogP contribution is 2.14. The molecule has 1 amide bonds. The molecule has 3 rings (SSSR count). The zero-order valence-corrected chi connectivity index (χ0v) is 12.3. The van der Waals surface area contributed by atoms with Crippen molar-refractivity contribution in [3.63, 3.8) is 0 Å². The highest BCUT2D eigenvalue weighted by molar-refractivity contribution is 5.79. The third-order valence-corrected chi connectivity index (χ3v) is 3.38. The van der Waals surface area contributed by atoms with Gasteiger partial charge in [0, 0.05) is 6.07 Å². The molecule has 1 aromatic carbocycles. The Labute approximate surface area is 132 Å². The summed E-state index contributed by atoms with van der Waals surface area (Å²) in [5.74, 6) is 0.0247. The van der Waals surface area contributed by atoms with Gasteiger partial charge in [0.1, 0.15) is 6.33 Å². The minimum atomic E-state index is -0.167. The summed E-state index contributed by atoms with van der Waals surface area (Å²) >= 11 is 0. The van der Waals surface area contributed by atoms with Gasteiger partial charge in [-0.25, -0.2) is 9.38 Å². The number of carbonyl (C=O) groups excluding carboxylic acids is 1. The lowest BCUT2D eigenvalue weighted by atomic mass is 10.2. The molecular weight excluding hydrogens is 294 g/mol. The van der Waals surface area contributed by atoms with E-state index < -0.39 is 0 Å². The van der Waals surface area contributed by atoms with Crippen LogP contribution in [-0.2, 0) is 17.8 Å². The van der Waals surface area contributed by atoms with E-state index in [0.717, 1.165) is 5.56 Å². The van der Waals surface area contributed by atoms with Gasteiger partial charge in [0.15, 0.2) is 0 Å². The van der Waals surface area contributed by atoms with Crippen molar-refractivity contribution in [3.8, 4) is 5.88 Å². The molecule has 0 aliphatic heterocycles. The van der Waals surface area contributed by atoms with Crippen LogP contribution in [0.3, 0.4) is 0 Å². The molecule has 0 radical (unpaired) electrons. The SMILES string of the molecule is C=CN(Cc1ccccc1)C(=O)Cc1cc(O)n2cnnc2n1. The summed E-state index contributed by atoms with van der Waals surface area (Å²) < 4.78 is 1.34. The number of aromatic hydroxyl groups is 1. The first-order valence-electron chi connectivity index (χ1n) is 7.02. The smallest absolute Gasteiger partial charge is 0.257 e. The van der Waals surface area contributed by atoms with Crippen LogP contribution in [0.5, 0.6) is 5.88 Å². The molecule has 7 heteroatoms. The van der Waals surface area contributed by atoms with Gasteiger partial charge in [-0.1, -0.05) is 36.9 Å². The maximum atomic E-state index is 12.4. The fraction of sp³-hybridized carbons (Fsp3) is 0.125. The zero-order valence-electron chi connectivity index (χ0n) is 12.3. The van der Waals surface area contributed by atoms with Gasteiger partial charge in [0.25, 0.3) is 5.78 Å². The molecule has 0 saturated carbocycles. The van der Waals surface area contributed by atoms with Crippen molar-refractivity contribution in [1.29, 1.82) is 0 Å². The second-order valence-corrected chi connectivity index (χ2v) is 4.97. The Morgan fingerprint density at radius 3 is 2.87 bits per heavy atom. The van der Waals surface area contributed by atoms with E-state index in [2.05, 4.69) is 21.8 Å². The van der Waals surface area contributed by atoms with Crippen LogP contribution in [0.1, 0.15) is 11.3 Å². The zero-order chi connectivity index (χ0) is 16.2. The first-order valence-corrected chi connectivity index (χ1v) is 7.02. The van der Waals surface area contributed by atoms with Gasteiger partial charge >= 0.3 is 0 Å². The number of hydrogen-bond acceptors (Lipinski definition) is 5.